The van der Waals surface area contributed by atoms with Gasteiger partial charge in [-0.05, 0) is 48.1 Å². The normalized spacial score (nSPS) is 14.8. The SMILES string of the molecule is CC(c1ccc(COC(C)(C)CO)cc1)C(C)(C)CC(C)(C)C. The van der Waals surface area contributed by atoms with Gasteiger partial charge in [-0.1, -0.05) is 65.8 Å². The molecule has 0 aliphatic carbocycles. The molecule has 132 valence electrons. The molecule has 0 saturated heterocycles. The van der Waals surface area contributed by atoms with Crippen molar-refractivity contribution < 1.29 is 9.84 Å². The molecule has 1 N–H and O–H groups in total. The molecule has 23 heavy (non-hydrogen) atoms. The number of hydrogen-bond donors (Lipinski definition) is 1. The van der Waals surface area contributed by atoms with Crippen molar-refractivity contribution in [2.45, 2.75) is 79.9 Å². The Labute approximate surface area is 143 Å². The molecule has 0 saturated carbocycles. The Balaban J connectivity index is 2.76. The molecule has 0 amide bonds. The molecule has 2 nitrogen and oxygen atoms in total. The minimum atomic E-state index is -0.485. The molecule has 2 heteroatoms. The summed E-state index contributed by atoms with van der Waals surface area (Å²) < 4.78 is 5.75. The van der Waals surface area contributed by atoms with Crippen molar-refractivity contribution in [1.29, 1.82) is 0 Å². The van der Waals surface area contributed by atoms with E-state index in [0.717, 1.165) is 5.56 Å². The predicted molar refractivity (Wildman–Crippen MR) is 98.7 cm³/mol. The van der Waals surface area contributed by atoms with Crippen LogP contribution in [0.2, 0.25) is 0 Å². The van der Waals surface area contributed by atoms with Gasteiger partial charge in [0, 0.05) is 0 Å². The van der Waals surface area contributed by atoms with Crippen LogP contribution in [-0.4, -0.2) is 17.3 Å². The van der Waals surface area contributed by atoms with Crippen molar-refractivity contribution in [3.05, 3.63) is 35.4 Å². The third-order valence-electron chi connectivity index (χ3n) is 4.65. The Bertz CT molecular complexity index is 478. The van der Waals surface area contributed by atoms with E-state index in [0.29, 0.717) is 17.9 Å². The third kappa shape index (κ3) is 6.64. The second kappa shape index (κ2) is 7.36. The first-order valence-corrected chi connectivity index (χ1v) is 8.70. The number of aliphatic hydroxyl groups excluding tert-OH is 1. The molecule has 0 spiro atoms. The fourth-order valence-electron chi connectivity index (χ4n) is 3.20. The quantitative estimate of drug-likeness (QED) is 0.714. The Kier molecular flexibility index (Phi) is 6.46. The number of ether oxygens (including phenoxy) is 1. The van der Waals surface area contributed by atoms with Gasteiger partial charge in [0.05, 0.1) is 18.8 Å². The molecule has 0 aliphatic heterocycles. The largest absolute Gasteiger partial charge is 0.393 e. The number of hydrogen-bond acceptors (Lipinski definition) is 2. The Hall–Kier alpha value is -0.860. The highest BCUT2D eigenvalue weighted by molar-refractivity contribution is 5.26. The zero-order valence-corrected chi connectivity index (χ0v) is 16.4. The van der Waals surface area contributed by atoms with Gasteiger partial charge in [-0.15, -0.1) is 0 Å². The number of rotatable bonds is 7. The molecule has 0 heterocycles. The van der Waals surface area contributed by atoms with Crippen molar-refractivity contribution >= 4 is 0 Å². The van der Waals surface area contributed by atoms with E-state index in [-0.39, 0.29) is 12.0 Å². The molecule has 0 fully saturated rings. The Morgan fingerprint density at radius 2 is 1.48 bits per heavy atom. The maximum Gasteiger partial charge on any atom is 0.0860 e. The van der Waals surface area contributed by atoms with Gasteiger partial charge in [0.25, 0.3) is 0 Å². The van der Waals surface area contributed by atoms with Gasteiger partial charge in [-0.25, -0.2) is 0 Å². The highest BCUT2D eigenvalue weighted by atomic mass is 16.5. The topological polar surface area (TPSA) is 29.5 Å². The lowest BCUT2D eigenvalue weighted by Crippen LogP contribution is -2.28. The van der Waals surface area contributed by atoms with E-state index in [1.54, 1.807) is 0 Å². The van der Waals surface area contributed by atoms with Crippen LogP contribution in [0.25, 0.3) is 0 Å². The standard InChI is InChI=1S/C21H36O2/c1-16(20(5,6)14-19(2,3)4)18-11-9-17(10-12-18)13-23-21(7,8)15-22/h9-12,16,22H,13-15H2,1-8H3. The van der Waals surface area contributed by atoms with E-state index >= 15 is 0 Å². The summed E-state index contributed by atoms with van der Waals surface area (Å²) in [7, 11) is 0. The van der Waals surface area contributed by atoms with Crippen LogP contribution in [0.3, 0.4) is 0 Å². The fraction of sp³-hybridized carbons (Fsp3) is 0.714. The van der Waals surface area contributed by atoms with Crippen LogP contribution >= 0.6 is 0 Å². The average molecular weight is 321 g/mol. The molecule has 0 radical (unpaired) electrons. The second-order valence-corrected chi connectivity index (χ2v) is 9.40. The van der Waals surface area contributed by atoms with Crippen LogP contribution in [0.15, 0.2) is 24.3 Å². The summed E-state index contributed by atoms with van der Waals surface area (Å²) in [6.45, 7) is 18.4. The summed E-state index contributed by atoms with van der Waals surface area (Å²) in [6, 6.07) is 8.73. The lowest BCUT2D eigenvalue weighted by molar-refractivity contribution is -0.0633. The molecule has 1 rings (SSSR count). The first kappa shape index (κ1) is 20.2. The van der Waals surface area contributed by atoms with Gasteiger partial charge in [0.2, 0.25) is 0 Å². The van der Waals surface area contributed by atoms with E-state index in [9.17, 15) is 5.11 Å². The van der Waals surface area contributed by atoms with Gasteiger partial charge < -0.3 is 9.84 Å². The first-order chi connectivity index (χ1) is 10.4. The zero-order chi connectivity index (χ0) is 17.9. The molecular weight excluding hydrogens is 284 g/mol. The minimum absolute atomic E-state index is 0.0309. The molecule has 1 aromatic rings. The molecule has 0 aromatic heterocycles. The number of benzene rings is 1. The maximum absolute atomic E-state index is 9.25. The molecule has 1 atom stereocenters. The van der Waals surface area contributed by atoms with Crippen molar-refractivity contribution in [2.75, 3.05) is 6.61 Å². The molecule has 0 bridgehead atoms. The predicted octanol–water partition coefficient (Wildman–Crippen LogP) is 5.54. The smallest absolute Gasteiger partial charge is 0.0860 e. The summed E-state index contributed by atoms with van der Waals surface area (Å²) in [5, 5.41) is 9.25. The van der Waals surface area contributed by atoms with Crippen molar-refractivity contribution in [1.82, 2.24) is 0 Å². The van der Waals surface area contributed by atoms with E-state index in [4.69, 9.17) is 4.74 Å². The van der Waals surface area contributed by atoms with Gasteiger partial charge in [-0.3, -0.25) is 0 Å². The summed E-state index contributed by atoms with van der Waals surface area (Å²) in [6.07, 6.45) is 1.19. The monoisotopic (exact) mass is 320 g/mol. The lowest BCUT2D eigenvalue weighted by Gasteiger charge is -2.38. The van der Waals surface area contributed by atoms with E-state index in [1.165, 1.54) is 12.0 Å². The average Bonchev–Trinajstić information content (AvgIpc) is 2.42. The van der Waals surface area contributed by atoms with E-state index < -0.39 is 5.60 Å². The van der Waals surface area contributed by atoms with E-state index in [1.807, 2.05) is 13.8 Å². The van der Waals surface area contributed by atoms with Crippen molar-refractivity contribution in [2.24, 2.45) is 10.8 Å². The van der Waals surface area contributed by atoms with Crippen LogP contribution in [0, 0.1) is 10.8 Å². The van der Waals surface area contributed by atoms with E-state index in [2.05, 4.69) is 65.8 Å². The van der Waals surface area contributed by atoms with Crippen LogP contribution in [0.1, 0.15) is 78.9 Å². The molecular formula is C21H36O2. The molecule has 1 aromatic carbocycles. The van der Waals surface area contributed by atoms with Gasteiger partial charge in [-0.2, -0.15) is 0 Å². The summed E-state index contributed by atoms with van der Waals surface area (Å²) >= 11 is 0. The van der Waals surface area contributed by atoms with Crippen LogP contribution in [0.5, 0.6) is 0 Å². The highest BCUT2D eigenvalue weighted by Crippen LogP contribution is 2.43. The van der Waals surface area contributed by atoms with Crippen LogP contribution < -0.4 is 0 Å². The Morgan fingerprint density at radius 3 is 1.91 bits per heavy atom. The minimum Gasteiger partial charge on any atom is -0.393 e. The van der Waals surface area contributed by atoms with Crippen LogP contribution in [-0.2, 0) is 11.3 Å². The summed E-state index contributed by atoms with van der Waals surface area (Å²) in [5.41, 5.74) is 2.64. The van der Waals surface area contributed by atoms with Gasteiger partial charge in [0.1, 0.15) is 0 Å². The van der Waals surface area contributed by atoms with Crippen molar-refractivity contribution in [3.8, 4) is 0 Å². The first-order valence-electron chi connectivity index (χ1n) is 8.70. The maximum atomic E-state index is 9.25. The highest BCUT2D eigenvalue weighted by Gasteiger charge is 2.31. The summed E-state index contributed by atoms with van der Waals surface area (Å²) in [4.78, 5) is 0. The zero-order valence-electron chi connectivity index (χ0n) is 16.4. The third-order valence-corrected chi connectivity index (χ3v) is 4.65. The number of aliphatic hydroxyl groups is 1. The van der Waals surface area contributed by atoms with Gasteiger partial charge >= 0.3 is 0 Å². The second-order valence-electron chi connectivity index (χ2n) is 9.40. The molecule has 1 unspecified atom stereocenters. The van der Waals surface area contributed by atoms with Crippen LogP contribution in [0.4, 0.5) is 0 Å². The van der Waals surface area contributed by atoms with Crippen molar-refractivity contribution in [3.63, 3.8) is 0 Å². The molecule has 0 aliphatic rings. The van der Waals surface area contributed by atoms with Gasteiger partial charge in [0.15, 0.2) is 0 Å². The fourth-order valence-corrected chi connectivity index (χ4v) is 3.20. The lowest BCUT2D eigenvalue weighted by atomic mass is 9.67. The Morgan fingerprint density at radius 1 is 0.957 bits per heavy atom. The summed E-state index contributed by atoms with van der Waals surface area (Å²) in [5.74, 6) is 0.505.